The summed E-state index contributed by atoms with van der Waals surface area (Å²) in [5.41, 5.74) is 1.05. The lowest BCUT2D eigenvalue weighted by Gasteiger charge is -2.14. The molecule has 0 aliphatic carbocycles. The first-order chi connectivity index (χ1) is 13.5. The van der Waals surface area contributed by atoms with Crippen LogP contribution in [-0.4, -0.2) is 39.2 Å². The van der Waals surface area contributed by atoms with Crippen molar-refractivity contribution >= 4 is 57.5 Å². The van der Waals surface area contributed by atoms with Gasteiger partial charge in [0.15, 0.2) is 0 Å². The molecule has 1 saturated heterocycles. The standard InChI is InChI=1S/C20H20N2O3S3/c23-15-7-5-14(6-8-15)9-10-21-18(24)4-1-11-22-19(25)17(28-20(22)26)13-16-3-2-12-27-16/h2-3,5-8,12-13,23H,1,4,9-11H2,(H,21,24). The Kier molecular flexibility index (Phi) is 7.24. The third kappa shape index (κ3) is 5.67. The van der Waals surface area contributed by atoms with Crippen LogP contribution in [0.2, 0.25) is 0 Å². The number of thiophene rings is 1. The summed E-state index contributed by atoms with van der Waals surface area (Å²) in [7, 11) is 0. The Hall–Kier alpha value is -2.16. The monoisotopic (exact) mass is 432 g/mol. The Morgan fingerprint density at radius 2 is 2.04 bits per heavy atom. The van der Waals surface area contributed by atoms with Crippen LogP contribution in [0.25, 0.3) is 6.08 Å². The molecular weight excluding hydrogens is 412 g/mol. The maximum absolute atomic E-state index is 12.5. The molecular formula is C20H20N2O3S3. The van der Waals surface area contributed by atoms with Crippen molar-refractivity contribution in [2.24, 2.45) is 0 Å². The van der Waals surface area contributed by atoms with Gasteiger partial charge < -0.3 is 10.4 Å². The lowest BCUT2D eigenvalue weighted by molar-refractivity contribution is -0.123. The summed E-state index contributed by atoms with van der Waals surface area (Å²) in [6, 6.07) is 10.8. The highest BCUT2D eigenvalue weighted by Gasteiger charge is 2.31. The molecule has 0 unspecified atom stereocenters. The number of amides is 2. The van der Waals surface area contributed by atoms with E-state index in [4.69, 9.17) is 12.2 Å². The van der Waals surface area contributed by atoms with Gasteiger partial charge in [-0.3, -0.25) is 14.5 Å². The molecule has 2 heterocycles. The lowest BCUT2D eigenvalue weighted by atomic mass is 10.1. The number of phenols is 1. The van der Waals surface area contributed by atoms with Crippen molar-refractivity contribution in [1.29, 1.82) is 0 Å². The van der Waals surface area contributed by atoms with Crippen molar-refractivity contribution in [2.45, 2.75) is 19.3 Å². The van der Waals surface area contributed by atoms with Crippen molar-refractivity contribution in [1.82, 2.24) is 10.2 Å². The number of phenolic OH excluding ortho intramolecular Hbond substituents is 1. The molecule has 2 aromatic rings. The summed E-state index contributed by atoms with van der Waals surface area (Å²) in [5, 5.41) is 14.1. The third-order valence-corrected chi connectivity index (χ3v) is 6.34. The van der Waals surface area contributed by atoms with E-state index < -0.39 is 0 Å². The summed E-state index contributed by atoms with van der Waals surface area (Å²) in [6.45, 7) is 0.978. The zero-order chi connectivity index (χ0) is 19.9. The molecule has 0 atom stereocenters. The fourth-order valence-corrected chi connectivity index (χ4v) is 4.72. The zero-order valence-corrected chi connectivity index (χ0v) is 17.5. The van der Waals surface area contributed by atoms with E-state index in [1.54, 1.807) is 28.4 Å². The normalized spacial score (nSPS) is 15.4. The zero-order valence-electron chi connectivity index (χ0n) is 15.1. The van der Waals surface area contributed by atoms with Crippen LogP contribution in [0.15, 0.2) is 46.7 Å². The SMILES string of the molecule is O=C(CCCN1C(=O)C(=Cc2cccs2)SC1=S)NCCc1ccc(O)cc1. The van der Waals surface area contributed by atoms with Crippen LogP contribution >= 0.6 is 35.3 Å². The molecule has 146 valence electrons. The summed E-state index contributed by atoms with van der Waals surface area (Å²) in [4.78, 5) is 27.7. The van der Waals surface area contributed by atoms with Crippen LogP contribution in [0.4, 0.5) is 0 Å². The quantitative estimate of drug-likeness (QED) is 0.491. The molecule has 1 fully saturated rings. The molecule has 0 bridgehead atoms. The minimum Gasteiger partial charge on any atom is -0.508 e. The average molecular weight is 433 g/mol. The summed E-state index contributed by atoms with van der Waals surface area (Å²) >= 11 is 8.20. The molecule has 0 saturated carbocycles. The summed E-state index contributed by atoms with van der Waals surface area (Å²) in [5.74, 6) is 0.100. The number of aromatic hydroxyl groups is 1. The number of carbonyl (C=O) groups is 2. The molecule has 1 aliphatic rings. The number of nitrogens with zero attached hydrogens (tertiary/aromatic N) is 1. The average Bonchev–Trinajstić information content (AvgIpc) is 3.27. The molecule has 0 radical (unpaired) electrons. The van der Waals surface area contributed by atoms with Crippen LogP contribution in [0.1, 0.15) is 23.3 Å². The molecule has 1 aromatic carbocycles. The van der Waals surface area contributed by atoms with Crippen LogP contribution in [0, 0.1) is 0 Å². The van der Waals surface area contributed by atoms with Gasteiger partial charge in [-0.25, -0.2) is 0 Å². The van der Waals surface area contributed by atoms with Gasteiger partial charge in [0.05, 0.1) is 4.91 Å². The smallest absolute Gasteiger partial charge is 0.266 e. The number of nitrogens with one attached hydrogen (secondary N) is 1. The number of carbonyl (C=O) groups excluding carboxylic acids is 2. The van der Waals surface area contributed by atoms with Gasteiger partial charge in [0.1, 0.15) is 10.1 Å². The number of hydrogen-bond donors (Lipinski definition) is 2. The summed E-state index contributed by atoms with van der Waals surface area (Å²) < 4.78 is 0.542. The molecule has 2 amide bonds. The van der Waals surface area contributed by atoms with E-state index >= 15 is 0 Å². The van der Waals surface area contributed by atoms with Crippen molar-refractivity contribution in [2.75, 3.05) is 13.1 Å². The Morgan fingerprint density at radius 1 is 1.25 bits per heavy atom. The van der Waals surface area contributed by atoms with E-state index in [-0.39, 0.29) is 17.6 Å². The molecule has 8 heteroatoms. The second-order valence-electron chi connectivity index (χ2n) is 6.22. The van der Waals surface area contributed by atoms with E-state index in [1.807, 2.05) is 35.7 Å². The van der Waals surface area contributed by atoms with Crippen LogP contribution in [0.3, 0.4) is 0 Å². The minimum absolute atomic E-state index is 0.0432. The lowest BCUT2D eigenvalue weighted by Crippen LogP contribution is -2.31. The van der Waals surface area contributed by atoms with Gasteiger partial charge in [-0.1, -0.05) is 42.2 Å². The first kappa shape index (κ1) is 20.6. The van der Waals surface area contributed by atoms with Crippen molar-refractivity contribution in [3.05, 3.63) is 57.1 Å². The Labute approximate surface area is 177 Å². The molecule has 3 rings (SSSR count). The largest absolute Gasteiger partial charge is 0.508 e. The predicted octanol–water partition coefficient (Wildman–Crippen LogP) is 3.79. The molecule has 5 nitrogen and oxygen atoms in total. The highest BCUT2D eigenvalue weighted by Crippen LogP contribution is 2.33. The Morgan fingerprint density at radius 3 is 2.75 bits per heavy atom. The van der Waals surface area contributed by atoms with E-state index in [2.05, 4.69) is 5.32 Å². The van der Waals surface area contributed by atoms with E-state index in [0.717, 1.165) is 10.4 Å². The van der Waals surface area contributed by atoms with Gasteiger partial charge in [-0.2, -0.15) is 0 Å². The van der Waals surface area contributed by atoms with Gasteiger partial charge in [0, 0.05) is 24.4 Å². The first-order valence-electron chi connectivity index (χ1n) is 8.86. The maximum Gasteiger partial charge on any atom is 0.266 e. The number of benzene rings is 1. The highest BCUT2D eigenvalue weighted by molar-refractivity contribution is 8.26. The molecule has 28 heavy (non-hydrogen) atoms. The number of hydrogen-bond acceptors (Lipinski definition) is 6. The topological polar surface area (TPSA) is 69.6 Å². The molecule has 1 aromatic heterocycles. The van der Waals surface area contributed by atoms with Crippen LogP contribution in [-0.2, 0) is 16.0 Å². The second kappa shape index (κ2) is 9.86. The van der Waals surface area contributed by atoms with E-state index in [1.165, 1.54) is 11.8 Å². The molecule has 0 spiro atoms. The van der Waals surface area contributed by atoms with E-state index in [9.17, 15) is 14.7 Å². The highest BCUT2D eigenvalue weighted by atomic mass is 32.2. The van der Waals surface area contributed by atoms with Gasteiger partial charge in [-0.05, 0) is 48.1 Å². The summed E-state index contributed by atoms with van der Waals surface area (Å²) in [6.07, 6.45) is 3.47. The van der Waals surface area contributed by atoms with Crippen molar-refractivity contribution < 1.29 is 14.7 Å². The molecule has 1 aliphatic heterocycles. The third-order valence-electron chi connectivity index (χ3n) is 4.15. The van der Waals surface area contributed by atoms with Gasteiger partial charge in [0.25, 0.3) is 5.91 Å². The molecule has 2 N–H and O–H groups in total. The Balaban J connectivity index is 1.39. The fraction of sp³-hybridized carbons (Fsp3) is 0.250. The maximum atomic E-state index is 12.5. The Bertz CT molecular complexity index is 877. The first-order valence-corrected chi connectivity index (χ1v) is 11.0. The van der Waals surface area contributed by atoms with Crippen LogP contribution in [0.5, 0.6) is 5.75 Å². The van der Waals surface area contributed by atoms with Crippen molar-refractivity contribution in [3.63, 3.8) is 0 Å². The number of thioether (sulfide) groups is 1. The van der Waals surface area contributed by atoms with E-state index in [0.29, 0.717) is 41.6 Å². The fourth-order valence-electron chi connectivity index (χ4n) is 2.69. The number of rotatable bonds is 8. The van der Waals surface area contributed by atoms with Gasteiger partial charge in [0.2, 0.25) is 5.91 Å². The van der Waals surface area contributed by atoms with Gasteiger partial charge in [-0.15, -0.1) is 11.3 Å². The van der Waals surface area contributed by atoms with Gasteiger partial charge >= 0.3 is 0 Å². The number of thiocarbonyl (C=S) groups is 1. The van der Waals surface area contributed by atoms with Crippen molar-refractivity contribution in [3.8, 4) is 5.75 Å². The minimum atomic E-state index is -0.0869. The second-order valence-corrected chi connectivity index (χ2v) is 8.87. The van der Waals surface area contributed by atoms with Crippen LogP contribution < -0.4 is 5.32 Å². The predicted molar refractivity (Wildman–Crippen MR) is 118 cm³/mol.